The number of hydrazine groups is 1. The number of ketones is 1. The summed E-state index contributed by atoms with van der Waals surface area (Å²) in [6.07, 6.45) is 2.09. The molecule has 0 aromatic heterocycles. The van der Waals surface area contributed by atoms with Gasteiger partial charge in [-0.1, -0.05) is 25.1 Å². The molecule has 20 heavy (non-hydrogen) atoms. The summed E-state index contributed by atoms with van der Waals surface area (Å²) >= 11 is 0. The van der Waals surface area contributed by atoms with Gasteiger partial charge in [-0.2, -0.15) is 0 Å². The third kappa shape index (κ3) is 3.17. The van der Waals surface area contributed by atoms with E-state index in [0.717, 1.165) is 11.4 Å². The van der Waals surface area contributed by atoms with Gasteiger partial charge in [0.15, 0.2) is 5.78 Å². The first-order valence-corrected chi connectivity index (χ1v) is 6.51. The first-order chi connectivity index (χ1) is 9.61. The molecule has 1 aromatic rings. The van der Waals surface area contributed by atoms with Crippen LogP contribution in [0.2, 0.25) is 0 Å². The molecule has 2 rings (SSSR count). The molecular formula is C15H18N2O3. The van der Waals surface area contributed by atoms with E-state index in [1.807, 2.05) is 37.3 Å². The van der Waals surface area contributed by atoms with Crippen LogP contribution >= 0.6 is 0 Å². The van der Waals surface area contributed by atoms with Crippen molar-refractivity contribution in [1.29, 1.82) is 0 Å². The van der Waals surface area contributed by atoms with E-state index in [9.17, 15) is 9.59 Å². The Bertz CT molecular complexity index is 525. The molecule has 106 valence electrons. The van der Waals surface area contributed by atoms with Crippen molar-refractivity contribution in [3.05, 3.63) is 42.1 Å². The fourth-order valence-corrected chi connectivity index (χ4v) is 2.30. The molecule has 0 radical (unpaired) electrons. The van der Waals surface area contributed by atoms with E-state index in [-0.39, 0.29) is 11.7 Å². The maximum atomic E-state index is 12.0. The number of esters is 1. The lowest BCUT2D eigenvalue weighted by atomic mass is 9.82. The Morgan fingerprint density at radius 1 is 1.25 bits per heavy atom. The third-order valence-electron chi connectivity index (χ3n) is 3.33. The van der Waals surface area contributed by atoms with Crippen molar-refractivity contribution in [1.82, 2.24) is 5.43 Å². The monoisotopic (exact) mass is 274 g/mol. The number of anilines is 1. The highest BCUT2D eigenvalue weighted by Crippen LogP contribution is 2.26. The predicted octanol–water partition coefficient (Wildman–Crippen LogP) is 1.89. The minimum atomic E-state index is -0.692. The molecule has 1 aliphatic carbocycles. The molecule has 0 spiro atoms. The standard InChI is InChI=1S/C15H18N2O3/c1-10-8-12(9-13(18)14(10)15(19)20-2)17-16-11-6-4-3-5-7-11/h3-7,9-10,14,16-17H,8H2,1-2H3/t10-,14+/m1/s1. The Morgan fingerprint density at radius 2 is 1.95 bits per heavy atom. The summed E-state index contributed by atoms with van der Waals surface area (Å²) in [4.78, 5) is 23.5. The molecule has 0 fully saturated rings. The molecule has 0 unspecified atom stereocenters. The quantitative estimate of drug-likeness (QED) is 0.498. The Kier molecular flexibility index (Phi) is 4.40. The van der Waals surface area contributed by atoms with Crippen LogP contribution in [0.1, 0.15) is 13.3 Å². The number of methoxy groups -OCH3 is 1. The molecule has 5 nitrogen and oxygen atoms in total. The summed E-state index contributed by atoms with van der Waals surface area (Å²) in [6.45, 7) is 1.87. The van der Waals surface area contributed by atoms with Crippen molar-refractivity contribution in [2.24, 2.45) is 11.8 Å². The van der Waals surface area contributed by atoms with Crippen LogP contribution in [0.25, 0.3) is 0 Å². The largest absolute Gasteiger partial charge is 0.468 e. The van der Waals surface area contributed by atoms with Crippen LogP contribution in [0.3, 0.4) is 0 Å². The molecule has 2 N–H and O–H groups in total. The lowest BCUT2D eigenvalue weighted by Gasteiger charge is -2.26. The number of carbonyl (C=O) groups excluding carboxylic acids is 2. The van der Waals surface area contributed by atoms with Gasteiger partial charge in [-0.3, -0.25) is 9.59 Å². The van der Waals surface area contributed by atoms with Crippen molar-refractivity contribution in [3.8, 4) is 0 Å². The molecule has 0 amide bonds. The maximum absolute atomic E-state index is 12.0. The number of allylic oxidation sites excluding steroid dienone is 2. The first kappa shape index (κ1) is 14.1. The Balaban J connectivity index is 2.01. The van der Waals surface area contributed by atoms with Crippen molar-refractivity contribution >= 4 is 17.4 Å². The normalized spacial score (nSPS) is 21.9. The second kappa shape index (κ2) is 6.23. The highest BCUT2D eigenvalue weighted by atomic mass is 16.5. The van der Waals surface area contributed by atoms with Crippen molar-refractivity contribution in [2.75, 3.05) is 12.5 Å². The van der Waals surface area contributed by atoms with Gasteiger partial charge in [0.1, 0.15) is 5.92 Å². The van der Waals surface area contributed by atoms with E-state index in [2.05, 4.69) is 15.6 Å². The van der Waals surface area contributed by atoms with Gasteiger partial charge in [-0.25, -0.2) is 0 Å². The van der Waals surface area contributed by atoms with Crippen molar-refractivity contribution < 1.29 is 14.3 Å². The molecule has 0 saturated carbocycles. The number of hydrogen-bond donors (Lipinski definition) is 2. The van der Waals surface area contributed by atoms with Gasteiger partial charge in [-0.05, 0) is 24.5 Å². The zero-order valence-corrected chi connectivity index (χ0v) is 11.6. The molecular weight excluding hydrogens is 256 g/mol. The second-order valence-corrected chi connectivity index (χ2v) is 4.87. The number of nitrogens with one attached hydrogen (secondary N) is 2. The fourth-order valence-electron chi connectivity index (χ4n) is 2.30. The molecule has 5 heteroatoms. The van der Waals surface area contributed by atoms with Crippen LogP contribution in [0, 0.1) is 11.8 Å². The van der Waals surface area contributed by atoms with Gasteiger partial charge >= 0.3 is 5.97 Å². The van der Waals surface area contributed by atoms with Gasteiger partial charge < -0.3 is 15.6 Å². The van der Waals surface area contributed by atoms with Gasteiger partial charge in [0, 0.05) is 11.8 Å². The molecule has 0 heterocycles. The number of para-hydroxylation sites is 1. The van der Waals surface area contributed by atoms with Crippen molar-refractivity contribution in [2.45, 2.75) is 13.3 Å². The molecule has 0 saturated heterocycles. The summed E-state index contributed by atoms with van der Waals surface area (Å²) in [6, 6.07) is 9.59. The highest BCUT2D eigenvalue weighted by molar-refractivity contribution is 6.06. The minimum absolute atomic E-state index is 0.0833. The highest BCUT2D eigenvalue weighted by Gasteiger charge is 2.35. The summed E-state index contributed by atoms with van der Waals surface area (Å²) in [5.41, 5.74) is 7.72. The topological polar surface area (TPSA) is 67.4 Å². The molecule has 0 bridgehead atoms. The fraction of sp³-hybridized carbons (Fsp3) is 0.333. The zero-order chi connectivity index (χ0) is 14.5. The number of hydrogen-bond acceptors (Lipinski definition) is 5. The van der Waals surface area contributed by atoms with Crippen LogP contribution in [0.5, 0.6) is 0 Å². The number of ether oxygens (including phenoxy) is 1. The SMILES string of the molecule is COC(=O)[C@@H]1C(=O)C=C(NNc2ccccc2)C[C@H]1C. The Labute approximate surface area is 118 Å². The van der Waals surface area contributed by atoms with E-state index >= 15 is 0 Å². The molecule has 1 aliphatic rings. The lowest BCUT2D eigenvalue weighted by molar-refractivity contribution is -0.150. The van der Waals surface area contributed by atoms with E-state index < -0.39 is 11.9 Å². The summed E-state index contributed by atoms with van der Waals surface area (Å²) < 4.78 is 4.67. The smallest absolute Gasteiger partial charge is 0.316 e. The molecule has 0 aliphatic heterocycles. The number of carbonyl (C=O) groups is 2. The van der Waals surface area contributed by atoms with Crippen LogP contribution in [-0.2, 0) is 14.3 Å². The van der Waals surface area contributed by atoms with Crippen molar-refractivity contribution in [3.63, 3.8) is 0 Å². The van der Waals surface area contributed by atoms with E-state index in [4.69, 9.17) is 0 Å². The van der Waals surface area contributed by atoms with Crippen LogP contribution in [0.4, 0.5) is 5.69 Å². The maximum Gasteiger partial charge on any atom is 0.316 e. The Morgan fingerprint density at radius 3 is 2.55 bits per heavy atom. The summed E-state index contributed by atoms with van der Waals surface area (Å²) in [7, 11) is 1.30. The lowest BCUT2D eigenvalue weighted by Crippen LogP contribution is -2.36. The van der Waals surface area contributed by atoms with E-state index in [1.54, 1.807) is 0 Å². The van der Waals surface area contributed by atoms with Gasteiger partial charge in [0.25, 0.3) is 0 Å². The molecule has 1 aromatic carbocycles. The summed E-state index contributed by atoms with van der Waals surface area (Å²) in [5, 5.41) is 0. The summed E-state index contributed by atoms with van der Waals surface area (Å²) in [5.74, 6) is -1.45. The number of rotatable bonds is 4. The van der Waals surface area contributed by atoms with E-state index in [1.165, 1.54) is 13.2 Å². The van der Waals surface area contributed by atoms with Gasteiger partial charge in [0.05, 0.1) is 12.8 Å². The minimum Gasteiger partial charge on any atom is -0.468 e. The third-order valence-corrected chi connectivity index (χ3v) is 3.33. The average molecular weight is 274 g/mol. The van der Waals surface area contributed by atoms with Crippen LogP contribution in [-0.4, -0.2) is 18.9 Å². The van der Waals surface area contributed by atoms with E-state index in [0.29, 0.717) is 6.42 Å². The predicted molar refractivity (Wildman–Crippen MR) is 75.6 cm³/mol. The number of benzene rings is 1. The van der Waals surface area contributed by atoms with Crippen LogP contribution in [0.15, 0.2) is 42.1 Å². The average Bonchev–Trinajstić information content (AvgIpc) is 2.45. The molecule has 2 atom stereocenters. The van der Waals surface area contributed by atoms with Crippen LogP contribution < -0.4 is 10.9 Å². The zero-order valence-electron chi connectivity index (χ0n) is 11.6. The van der Waals surface area contributed by atoms with Gasteiger partial charge in [0.2, 0.25) is 0 Å². The van der Waals surface area contributed by atoms with Gasteiger partial charge in [-0.15, -0.1) is 0 Å². The second-order valence-electron chi connectivity index (χ2n) is 4.87. The first-order valence-electron chi connectivity index (χ1n) is 6.51. The Hall–Kier alpha value is -2.30.